The van der Waals surface area contributed by atoms with Crippen molar-refractivity contribution in [1.29, 1.82) is 0 Å². The molecular weight excluding hydrogens is 290 g/mol. The van der Waals surface area contributed by atoms with Crippen LogP contribution in [-0.4, -0.2) is 23.9 Å². The Bertz CT molecular complexity index is 599. The van der Waals surface area contributed by atoms with E-state index in [2.05, 4.69) is 5.32 Å². The lowest BCUT2D eigenvalue weighted by molar-refractivity contribution is -0.117. The molecule has 21 heavy (non-hydrogen) atoms. The first kappa shape index (κ1) is 15.4. The summed E-state index contributed by atoms with van der Waals surface area (Å²) in [4.78, 5) is 14.0. The van der Waals surface area contributed by atoms with Gasteiger partial charge in [-0.15, -0.1) is 0 Å². The highest BCUT2D eigenvalue weighted by molar-refractivity contribution is 6.33. The fourth-order valence-corrected chi connectivity index (χ4v) is 2.05. The molecule has 2 aromatic rings. The zero-order chi connectivity index (χ0) is 15.2. The summed E-state index contributed by atoms with van der Waals surface area (Å²) in [5.74, 6) is 0.727. The van der Waals surface area contributed by atoms with Gasteiger partial charge in [-0.2, -0.15) is 0 Å². The van der Waals surface area contributed by atoms with E-state index in [9.17, 15) is 4.79 Å². The number of hydrogen-bond acceptors (Lipinski definition) is 4. The van der Waals surface area contributed by atoms with Gasteiger partial charge < -0.3 is 15.5 Å². The van der Waals surface area contributed by atoms with Crippen LogP contribution in [0.15, 0.2) is 41.0 Å². The van der Waals surface area contributed by atoms with E-state index in [4.69, 9.17) is 21.8 Å². The van der Waals surface area contributed by atoms with Gasteiger partial charge in [0.2, 0.25) is 5.91 Å². The average Bonchev–Trinajstić information content (AvgIpc) is 2.95. The summed E-state index contributed by atoms with van der Waals surface area (Å²) in [6.45, 7) is 3.62. The second-order valence-corrected chi connectivity index (χ2v) is 5.07. The van der Waals surface area contributed by atoms with Crippen LogP contribution in [0.2, 0.25) is 5.02 Å². The van der Waals surface area contributed by atoms with Crippen LogP contribution in [0.5, 0.6) is 0 Å². The average molecular weight is 308 g/mol. The summed E-state index contributed by atoms with van der Waals surface area (Å²) in [5.41, 5.74) is 6.79. The van der Waals surface area contributed by atoms with E-state index < -0.39 is 0 Å². The van der Waals surface area contributed by atoms with Gasteiger partial charge in [-0.1, -0.05) is 18.5 Å². The monoisotopic (exact) mass is 307 g/mol. The Labute approximate surface area is 128 Å². The van der Waals surface area contributed by atoms with Gasteiger partial charge in [-0.05, 0) is 36.9 Å². The van der Waals surface area contributed by atoms with Crippen molar-refractivity contribution in [2.24, 2.45) is 0 Å². The molecule has 0 atom stereocenters. The number of halogens is 1. The molecule has 0 saturated carbocycles. The second-order valence-electron chi connectivity index (χ2n) is 4.67. The minimum absolute atomic E-state index is 0.106. The lowest BCUT2D eigenvalue weighted by atomic mass is 10.2. The van der Waals surface area contributed by atoms with Crippen LogP contribution in [0.25, 0.3) is 0 Å². The van der Waals surface area contributed by atoms with Crippen LogP contribution in [0.3, 0.4) is 0 Å². The van der Waals surface area contributed by atoms with Gasteiger partial charge in [0.05, 0.1) is 30.1 Å². The van der Waals surface area contributed by atoms with E-state index in [0.29, 0.717) is 22.9 Å². The molecule has 0 aliphatic rings. The number of likely N-dealkylation sites (N-methyl/N-ethyl adjacent to an activating group) is 1. The third-order valence-electron chi connectivity index (χ3n) is 3.05. The van der Waals surface area contributed by atoms with E-state index in [1.54, 1.807) is 24.5 Å². The molecule has 1 aromatic heterocycles. The summed E-state index contributed by atoms with van der Waals surface area (Å²) >= 11 is 5.85. The normalized spacial score (nSPS) is 10.8. The number of rotatable bonds is 6. The molecule has 0 aliphatic carbocycles. The Morgan fingerprint density at radius 2 is 2.24 bits per heavy atom. The van der Waals surface area contributed by atoms with Crippen LogP contribution in [0.1, 0.15) is 12.7 Å². The minimum atomic E-state index is -0.106. The first-order valence-electron chi connectivity index (χ1n) is 6.68. The zero-order valence-corrected chi connectivity index (χ0v) is 12.6. The summed E-state index contributed by atoms with van der Waals surface area (Å²) in [5, 5.41) is 3.28. The highest BCUT2D eigenvalue weighted by Crippen LogP contribution is 2.22. The molecule has 3 N–H and O–H groups in total. The maximum Gasteiger partial charge on any atom is 0.238 e. The van der Waals surface area contributed by atoms with Crippen molar-refractivity contribution < 1.29 is 9.21 Å². The second kappa shape index (κ2) is 7.15. The Hall–Kier alpha value is -1.98. The number of benzene rings is 1. The summed E-state index contributed by atoms with van der Waals surface area (Å²) < 4.78 is 5.29. The van der Waals surface area contributed by atoms with Crippen molar-refractivity contribution >= 4 is 28.9 Å². The SMILES string of the molecule is CCN(CC(=O)Nc1ccc(Cl)c(N)c1)Cc1ccco1. The number of carbonyl (C=O) groups is 1. The maximum absolute atomic E-state index is 12.0. The highest BCUT2D eigenvalue weighted by atomic mass is 35.5. The molecule has 112 valence electrons. The number of carbonyl (C=O) groups excluding carboxylic acids is 1. The number of nitrogens with one attached hydrogen (secondary N) is 1. The summed E-state index contributed by atoms with van der Waals surface area (Å²) in [6, 6.07) is 8.75. The number of furan rings is 1. The minimum Gasteiger partial charge on any atom is -0.468 e. The van der Waals surface area contributed by atoms with Gasteiger partial charge in [0.1, 0.15) is 5.76 Å². The first-order valence-corrected chi connectivity index (χ1v) is 7.06. The molecule has 6 heteroatoms. The smallest absolute Gasteiger partial charge is 0.238 e. The number of nitrogen functional groups attached to an aromatic ring is 1. The molecule has 1 heterocycles. The molecule has 5 nitrogen and oxygen atoms in total. The molecule has 0 bridgehead atoms. The lowest BCUT2D eigenvalue weighted by Crippen LogP contribution is -2.32. The van der Waals surface area contributed by atoms with Crippen LogP contribution in [0.4, 0.5) is 11.4 Å². The topological polar surface area (TPSA) is 71.5 Å². The molecule has 0 fully saturated rings. The van der Waals surface area contributed by atoms with Crippen LogP contribution < -0.4 is 11.1 Å². The Morgan fingerprint density at radius 3 is 2.86 bits per heavy atom. The third kappa shape index (κ3) is 4.51. The zero-order valence-electron chi connectivity index (χ0n) is 11.8. The van der Waals surface area contributed by atoms with E-state index in [1.807, 2.05) is 24.0 Å². The Balaban J connectivity index is 1.91. The van der Waals surface area contributed by atoms with Crippen molar-refractivity contribution in [3.05, 3.63) is 47.4 Å². The van der Waals surface area contributed by atoms with Gasteiger partial charge in [0.15, 0.2) is 0 Å². The molecule has 1 aromatic carbocycles. The standard InChI is InChI=1S/C15H18ClN3O2/c1-2-19(9-12-4-3-7-21-12)10-15(20)18-11-5-6-13(16)14(17)8-11/h3-8H,2,9-10,17H2,1H3,(H,18,20). The predicted molar refractivity (Wildman–Crippen MR) is 84.2 cm³/mol. The quantitative estimate of drug-likeness (QED) is 0.805. The van der Waals surface area contributed by atoms with E-state index >= 15 is 0 Å². The molecule has 0 radical (unpaired) electrons. The lowest BCUT2D eigenvalue weighted by Gasteiger charge is -2.18. The van der Waals surface area contributed by atoms with Crippen molar-refractivity contribution in [2.45, 2.75) is 13.5 Å². The van der Waals surface area contributed by atoms with Gasteiger partial charge in [-0.3, -0.25) is 9.69 Å². The summed E-state index contributed by atoms with van der Waals surface area (Å²) in [7, 11) is 0. The Kier molecular flexibility index (Phi) is 5.25. The number of anilines is 2. The van der Waals surface area contributed by atoms with E-state index in [1.165, 1.54) is 0 Å². The van der Waals surface area contributed by atoms with Crippen LogP contribution >= 0.6 is 11.6 Å². The maximum atomic E-state index is 12.0. The van der Waals surface area contributed by atoms with Crippen LogP contribution in [0, 0.1) is 0 Å². The molecule has 2 rings (SSSR count). The Morgan fingerprint density at radius 1 is 1.43 bits per heavy atom. The van der Waals surface area contributed by atoms with Crippen molar-refractivity contribution in [3.63, 3.8) is 0 Å². The molecular formula is C15H18ClN3O2. The van der Waals surface area contributed by atoms with Crippen LogP contribution in [-0.2, 0) is 11.3 Å². The largest absolute Gasteiger partial charge is 0.468 e. The molecule has 0 saturated heterocycles. The molecule has 0 spiro atoms. The predicted octanol–water partition coefficient (Wildman–Crippen LogP) is 2.98. The summed E-state index contributed by atoms with van der Waals surface area (Å²) in [6.07, 6.45) is 1.62. The third-order valence-corrected chi connectivity index (χ3v) is 3.40. The van der Waals surface area contributed by atoms with Crippen molar-refractivity contribution in [1.82, 2.24) is 4.90 Å². The van der Waals surface area contributed by atoms with Crippen molar-refractivity contribution in [3.8, 4) is 0 Å². The number of nitrogens with zero attached hydrogens (tertiary/aromatic N) is 1. The molecule has 0 aliphatic heterocycles. The van der Waals surface area contributed by atoms with Crippen molar-refractivity contribution in [2.75, 3.05) is 24.1 Å². The molecule has 0 unspecified atom stereocenters. The van der Waals surface area contributed by atoms with E-state index in [0.717, 1.165) is 12.3 Å². The fourth-order valence-electron chi connectivity index (χ4n) is 1.93. The number of hydrogen-bond donors (Lipinski definition) is 2. The number of nitrogens with two attached hydrogens (primary N) is 1. The van der Waals surface area contributed by atoms with Gasteiger partial charge in [0.25, 0.3) is 0 Å². The van der Waals surface area contributed by atoms with Gasteiger partial charge >= 0.3 is 0 Å². The van der Waals surface area contributed by atoms with Gasteiger partial charge in [0, 0.05) is 5.69 Å². The first-order chi connectivity index (χ1) is 10.1. The highest BCUT2D eigenvalue weighted by Gasteiger charge is 2.11. The fraction of sp³-hybridized carbons (Fsp3) is 0.267. The number of amides is 1. The van der Waals surface area contributed by atoms with Gasteiger partial charge in [-0.25, -0.2) is 0 Å². The van der Waals surface area contributed by atoms with E-state index in [-0.39, 0.29) is 12.5 Å². The molecule has 1 amide bonds.